The lowest BCUT2D eigenvalue weighted by molar-refractivity contribution is -0.000272. The van der Waals surface area contributed by atoms with Gasteiger partial charge in [-0.1, -0.05) is 24.3 Å². The highest BCUT2D eigenvalue weighted by Crippen LogP contribution is 2.30. The van der Waals surface area contributed by atoms with Crippen LogP contribution in [0, 0.1) is 0 Å². The maximum Gasteiger partial charge on any atom is 0.420 e. The number of aromatic nitrogens is 1. The van der Waals surface area contributed by atoms with Gasteiger partial charge in [0.1, 0.15) is 11.2 Å². The van der Waals surface area contributed by atoms with Gasteiger partial charge in [-0.05, 0) is 83.6 Å². The van der Waals surface area contributed by atoms with Crippen LogP contribution in [0.3, 0.4) is 0 Å². The Bertz CT molecular complexity index is 1040. The first-order valence-corrected chi connectivity index (χ1v) is 12.3. The topological polar surface area (TPSA) is 89.0 Å². The highest BCUT2D eigenvalue weighted by atomic mass is 16.6. The Morgan fingerprint density at radius 3 is 2.08 bits per heavy atom. The van der Waals surface area contributed by atoms with Crippen LogP contribution in [0.5, 0.6) is 0 Å². The summed E-state index contributed by atoms with van der Waals surface area (Å²) in [6.45, 7) is 11.9. The number of ether oxygens (including phenoxy) is 2. The van der Waals surface area contributed by atoms with E-state index in [1.807, 2.05) is 23.1 Å². The van der Waals surface area contributed by atoms with Crippen molar-refractivity contribution < 1.29 is 23.9 Å². The van der Waals surface area contributed by atoms with E-state index in [1.165, 1.54) is 0 Å². The summed E-state index contributed by atoms with van der Waals surface area (Å²) >= 11 is 0. The van der Waals surface area contributed by atoms with E-state index >= 15 is 0 Å². The third kappa shape index (κ3) is 7.80. The average Bonchev–Trinajstić information content (AvgIpc) is 2.80. The number of hydrogen-bond acceptors (Lipinski definition) is 6. The van der Waals surface area contributed by atoms with Gasteiger partial charge in [0.05, 0.1) is 12.1 Å². The zero-order valence-corrected chi connectivity index (χ0v) is 22.1. The molecule has 2 aromatic rings. The number of piperidine rings is 1. The van der Waals surface area contributed by atoms with Gasteiger partial charge < -0.3 is 14.4 Å². The second-order valence-corrected chi connectivity index (χ2v) is 11.1. The molecule has 8 heteroatoms. The monoisotopic (exact) mass is 495 g/mol. The van der Waals surface area contributed by atoms with Crippen LogP contribution in [0.25, 0.3) is 0 Å². The van der Waals surface area contributed by atoms with E-state index in [4.69, 9.17) is 9.47 Å². The van der Waals surface area contributed by atoms with Gasteiger partial charge in [-0.3, -0.25) is 9.78 Å². The third-order valence-corrected chi connectivity index (χ3v) is 5.68. The zero-order valence-electron chi connectivity index (χ0n) is 22.1. The van der Waals surface area contributed by atoms with Crippen LogP contribution in [0.4, 0.5) is 9.59 Å². The normalized spacial score (nSPS) is 14.8. The van der Waals surface area contributed by atoms with Crippen LogP contribution in [0.1, 0.15) is 81.8 Å². The van der Waals surface area contributed by atoms with E-state index in [9.17, 15) is 14.4 Å². The molecule has 1 saturated heterocycles. The summed E-state index contributed by atoms with van der Waals surface area (Å²) < 4.78 is 10.9. The van der Waals surface area contributed by atoms with Crippen molar-refractivity contribution in [1.82, 2.24) is 14.8 Å². The molecule has 1 aromatic carbocycles. The van der Waals surface area contributed by atoms with Gasteiger partial charge in [0.25, 0.3) is 5.91 Å². The van der Waals surface area contributed by atoms with Crippen molar-refractivity contribution in [2.45, 2.75) is 78.0 Å². The molecule has 0 atom stereocenters. The van der Waals surface area contributed by atoms with Crippen LogP contribution in [-0.2, 0) is 16.0 Å². The average molecular weight is 496 g/mol. The van der Waals surface area contributed by atoms with Gasteiger partial charge in [0, 0.05) is 25.5 Å². The van der Waals surface area contributed by atoms with Crippen molar-refractivity contribution in [2.75, 3.05) is 13.1 Å². The molecule has 36 heavy (non-hydrogen) atoms. The summed E-state index contributed by atoms with van der Waals surface area (Å²) in [5.41, 5.74) is 1.02. The minimum Gasteiger partial charge on any atom is -0.443 e. The molecule has 1 aromatic heterocycles. The Balaban J connectivity index is 1.70. The number of carbonyl (C=O) groups excluding carboxylic acids is 3. The highest BCUT2D eigenvalue weighted by molar-refractivity contribution is 5.94. The molecule has 0 spiro atoms. The van der Waals surface area contributed by atoms with Crippen LogP contribution in [0.2, 0.25) is 0 Å². The van der Waals surface area contributed by atoms with E-state index in [2.05, 4.69) is 11.1 Å². The van der Waals surface area contributed by atoms with E-state index < -0.39 is 23.4 Å². The number of rotatable bonds is 4. The number of likely N-dealkylation sites (tertiary alicyclic amines) is 1. The summed E-state index contributed by atoms with van der Waals surface area (Å²) in [4.78, 5) is 45.4. The molecule has 0 unspecified atom stereocenters. The van der Waals surface area contributed by atoms with Gasteiger partial charge >= 0.3 is 12.2 Å². The third-order valence-electron chi connectivity index (χ3n) is 5.68. The van der Waals surface area contributed by atoms with Gasteiger partial charge in [-0.25, -0.2) is 14.5 Å². The molecule has 2 heterocycles. The fourth-order valence-electron chi connectivity index (χ4n) is 4.05. The molecule has 8 nitrogen and oxygen atoms in total. The van der Waals surface area contributed by atoms with Crippen LogP contribution < -0.4 is 0 Å². The summed E-state index contributed by atoms with van der Waals surface area (Å²) in [5, 5.41) is 0. The number of hydrogen-bond donors (Lipinski definition) is 0. The molecule has 0 saturated carbocycles. The van der Waals surface area contributed by atoms with E-state index in [-0.39, 0.29) is 18.4 Å². The molecule has 0 bridgehead atoms. The molecule has 194 valence electrons. The van der Waals surface area contributed by atoms with Crippen molar-refractivity contribution in [3.8, 4) is 0 Å². The molecule has 1 aliphatic rings. The molecular weight excluding hydrogens is 458 g/mol. The predicted octanol–water partition coefficient (Wildman–Crippen LogP) is 5.77. The van der Waals surface area contributed by atoms with Crippen molar-refractivity contribution in [3.05, 3.63) is 65.5 Å². The first-order valence-electron chi connectivity index (χ1n) is 12.3. The predicted molar refractivity (Wildman–Crippen MR) is 137 cm³/mol. The second-order valence-electron chi connectivity index (χ2n) is 11.1. The molecule has 1 fully saturated rings. The van der Waals surface area contributed by atoms with E-state index in [1.54, 1.807) is 66.1 Å². The molecule has 1 aliphatic heterocycles. The first kappa shape index (κ1) is 27.2. The lowest BCUT2D eigenvalue weighted by atomic mass is 9.88. The molecule has 0 N–H and O–H groups in total. The van der Waals surface area contributed by atoms with E-state index in [0.717, 1.165) is 28.9 Å². The fourth-order valence-corrected chi connectivity index (χ4v) is 4.05. The molecule has 0 aliphatic carbocycles. The number of pyridine rings is 1. The smallest absolute Gasteiger partial charge is 0.420 e. The Morgan fingerprint density at radius 2 is 1.56 bits per heavy atom. The van der Waals surface area contributed by atoms with E-state index in [0.29, 0.717) is 18.7 Å². The number of nitrogens with zero attached hydrogens (tertiary/aromatic N) is 3. The number of imide groups is 1. The summed E-state index contributed by atoms with van der Waals surface area (Å²) in [5.74, 6) is 0.278. The maximum atomic E-state index is 12.9. The van der Waals surface area contributed by atoms with Gasteiger partial charge in [-0.2, -0.15) is 0 Å². The summed E-state index contributed by atoms with van der Waals surface area (Å²) in [6, 6.07) is 11.4. The molecule has 0 radical (unpaired) electrons. The number of amides is 3. The van der Waals surface area contributed by atoms with Crippen molar-refractivity contribution in [1.29, 1.82) is 0 Å². The lowest BCUT2D eigenvalue weighted by Gasteiger charge is -2.32. The van der Waals surface area contributed by atoms with Crippen LogP contribution in [-0.4, -0.2) is 57.2 Å². The van der Waals surface area contributed by atoms with Gasteiger partial charge in [0.15, 0.2) is 0 Å². The number of carbonyl (C=O) groups is 3. The fraction of sp³-hybridized carbons (Fsp3) is 0.500. The Hall–Kier alpha value is -3.42. The largest absolute Gasteiger partial charge is 0.443 e. The summed E-state index contributed by atoms with van der Waals surface area (Å²) in [6.07, 6.45) is 3.42. The molecule has 3 amide bonds. The zero-order chi connectivity index (χ0) is 26.5. The standard InChI is InChI=1S/C28H37N3O5/c1-27(2,3)35-25(33)31(26(34)36-28(4,5)6)19-20-9-7-10-22(17-20)21-12-15-30(16-13-21)24(32)23-11-8-14-29-18-23/h7-11,14,17-18,21H,12-13,15-16,19H2,1-6H3. The second kappa shape index (κ2) is 11.1. The van der Waals surface area contributed by atoms with Crippen molar-refractivity contribution >= 4 is 18.1 Å². The van der Waals surface area contributed by atoms with Crippen molar-refractivity contribution in [2.24, 2.45) is 0 Å². The highest BCUT2D eigenvalue weighted by Gasteiger charge is 2.32. The minimum absolute atomic E-state index is 0.000615. The van der Waals surface area contributed by atoms with Crippen molar-refractivity contribution in [3.63, 3.8) is 0 Å². The number of benzene rings is 1. The maximum absolute atomic E-state index is 12.9. The quantitative estimate of drug-likeness (QED) is 0.535. The molecular formula is C28H37N3O5. The minimum atomic E-state index is -0.750. The van der Waals surface area contributed by atoms with Gasteiger partial charge in [-0.15, -0.1) is 0 Å². The SMILES string of the molecule is CC(C)(C)OC(=O)N(Cc1cccc(C2CCN(C(=O)c3cccnc3)CC2)c1)C(=O)OC(C)(C)C. The summed E-state index contributed by atoms with van der Waals surface area (Å²) in [7, 11) is 0. The lowest BCUT2D eigenvalue weighted by Crippen LogP contribution is -2.43. The van der Waals surface area contributed by atoms with Crippen LogP contribution in [0.15, 0.2) is 48.8 Å². The Morgan fingerprint density at radius 1 is 0.944 bits per heavy atom. The first-order chi connectivity index (χ1) is 16.8. The van der Waals surface area contributed by atoms with Gasteiger partial charge in [0.2, 0.25) is 0 Å². The molecule has 3 rings (SSSR count). The van der Waals surface area contributed by atoms with Crippen LogP contribution >= 0.6 is 0 Å². The Kier molecular flexibility index (Phi) is 8.38. The Labute approximate surface area is 213 Å².